The van der Waals surface area contributed by atoms with Gasteiger partial charge >= 0.3 is 0 Å². The van der Waals surface area contributed by atoms with Gasteiger partial charge in [0.25, 0.3) is 0 Å². The van der Waals surface area contributed by atoms with Crippen LogP contribution in [0.3, 0.4) is 0 Å². The van der Waals surface area contributed by atoms with Crippen LogP contribution in [0.2, 0.25) is 5.02 Å². The Kier molecular flexibility index (Phi) is 9.05. The molecule has 5 rings (SSSR count). The number of fused-ring (bicyclic) bond motifs is 1. The Labute approximate surface area is 255 Å². The minimum atomic E-state index is -3.94. The Morgan fingerprint density at radius 3 is 2.60 bits per heavy atom. The van der Waals surface area contributed by atoms with Crippen LogP contribution >= 0.6 is 11.6 Å². The molecular formula is C31H35ClF2N6O2S. The van der Waals surface area contributed by atoms with Gasteiger partial charge in [-0.2, -0.15) is 5.10 Å². The molecule has 0 bridgehead atoms. The van der Waals surface area contributed by atoms with E-state index in [9.17, 15) is 12.8 Å². The molecule has 0 unspecified atom stereocenters. The van der Waals surface area contributed by atoms with Gasteiger partial charge in [0.05, 0.1) is 22.3 Å². The highest BCUT2D eigenvalue weighted by molar-refractivity contribution is 7.91. The second kappa shape index (κ2) is 12.6. The van der Waals surface area contributed by atoms with Gasteiger partial charge in [0.2, 0.25) is 10.0 Å². The summed E-state index contributed by atoms with van der Waals surface area (Å²) in [6.45, 7) is 5.87. The Morgan fingerprint density at radius 1 is 1.19 bits per heavy atom. The first-order valence-corrected chi connectivity index (χ1v) is 16.2. The number of nitrogens with one attached hydrogen (secondary N) is 2. The number of nitrogens with two attached hydrogens (primary N) is 1. The number of rotatable bonds is 10. The molecule has 0 spiro atoms. The number of alkyl halides is 1. The third-order valence-corrected chi connectivity index (χ3v) is 9.09. The quantitative estimate of drug-likeness (QED) is 0.176. The van der Waals surface area contributed by atoms with E-state index in [2.05, 4.69) is 21.1 Å². The molecule has 4 N–H and O–H groups in total. The molecular weight excluding hydrogens is 594 g/mol. The molecule has 2 aromatic heterocycles. The number of benzene rings is 2. The summed E-state index contributed by atoms with van der Waals surface area (Å²) >= 11 is 6.12. The molecule has 0 aliphatic heterocycles. The third kappa shape index (κ3) is 6.84. The lowest BCUT2D eigenvalue weighted by Crippen LogP contribution is -2.34. The van der Waals surface area contributed by atoms with E-state index in [1.807, 2.05) is 18.5 Å². The number of sulfonamides is 1. The van der Waals surface area contributed by atoms with Crippen molar-refractivity contribution in [3.05, 3.63) is 76.7 Å². The number of allylic oxidation sites excluding steroid dienone is 1. The van der Waals surface area contributed by atoms with Gasteiger partial charge in [-0.15, -0.1) is 0 Å². The average molecular weight is 629 g/mol. The van der Waals surface area contributed by atoms with Crippen molar-refractivity contribution in [2.24, 2.45) is 0 Å². The Balaban J connectivity index is 1.48. The van der Waals surface area contributed by atoms with Gasteiger partial charge in [-0.05, 0) is 69.4 Å². The maximum atomic E-state index is 15.4. The summed E-state index contributed by atoms with van der Waals surface area (Å²) in [5, 5.41) is 9.04. The zero-order valence-electron chi connectivity index (χ0n) is 24.2. The van der Waals surface area contributed by atoms with Crippen LogP contribution in [0, 0.1) is 5.82 Å². The smallest absolute Gasteiger partial charge is 0.237 e. The molecule has 228 valence electrons. The van der Waals surface area contributed by atoms with Crippen LogP contribution in [0.4, 0.5) is 20.3 Å². The van der Waals surface area contributed by atoms with Gasteiger partial charge in [-0.3, -0.25) is 9.40 Å². The average Bonchev–Trinajstić information content (AvgIpc) is 3.37. The number of hydrogen-bond acceptors (Lipinski definition) is 6. The normalized spacial score (nSPS) is 16.4. The van der Waals surface area contributed by atoms with Crippen molar-refractivity contribution in [2.75, 3.05) is 17.0 Å². The molecule has 43 heavy (non-hydrogen) atoms. The molecule has 8 nitrogen and oxygen atoms in total. The fourth-order valence-electron chi connectivity index (χ4n) is 5.37. The number of halogens is 3. The van der Waals surface area contributed by atoms with E-state index in [4.69, 9.17) is 22.4 Å². The molecule has 12 heteroatoms. The highest BCUT2D eigenvalue weighted by Gasteiger charge is 2.25. The van der Waals surface area contributed by atoms with Gasteiger partial charge in [0.15, 0.2) is 0 Å². The topological polar surface area (TPSA) is 115 Å². The van der Waals surface area contributed by atoms with E-state index in [1.54, 1.807) is 43.5 Å². The van der Waals surface area contributed by atoms with Crippen molar-refractivity contribution in [1.29, 1.82) is 0 Å². The van der Waals surface area contributed by atoms with E-state index in [-0.39, 0.29) is 23.6 Å². The minimum absolute atomic E-state index is 0.0396. The largest absolute Gasteiger partial charge is 0.383 e. The van der Waals surface area contributed by atoms with Crippen molar-refractivity contribution >= 4 is 49.6 Å². The third-order valence-electron chi connectivity index (χ3n) is 7.50. The molecule has 0 radical (unpaired) electrons. The second-order valence-corrected chi connectivity index (χ2v) is 13.3. The number of pyridine rings is 1. The molecule has 0 fully saturated rings. The first-order valence-electron chi connectivity index (χ1n) is 14.2. The van der Waals surface area contributed by atoms with Crippen LogP contribution in [0.25, 0.3) is 27.7 Å². The lowest BCUT2D eigenvalue weighted by Gasteiger charge is -2.24. The van der Waals surface area contributed by atoms with Crippen molar-refractivity contribution in [3.63, 3.8) is 0 Å². The predicted molar refractivity (Wildman–Crippen MR) is 170 cm³/mol. The summed E-state index contributed by atoms with van der Waals surface area (Å²) in [5.74, 6) is -0.894. The molecule has 2 atom stereocenters. The highest BCUT2D eigenvalue weighted by atomic mass is 35.5. The predicted octanol–water partition coefficient (Wildman–Crippen LogP) is 6.88. The van der Waals surface area contributed by atoms with E-state index in [1.165, 1.54) is 12.1 Å². The first-order chi connectivity index (χ1) is 20.4. The monoisotopic (exact) mass is 628 g/mol. The molecule has 2 heterocycles. The van der Waals surface area contributed by atoms with Crippen LogP contribution in [0.1, 0.15) is 57.2 Å². The van der Waals surface area contributed by atoms with E-state index in [0.717, 1.165) is 35.9 Å². The fraction of sp³-hybridized carbons (Fsp3) is 0.355. The number of nitrogens with zero attached hydrogens (tertiary/aromatic N) is 3. The highest BCUT2D eigenvalue weighted by Crippen LogP contribution is 2.39. The summed E-state index contributed by atoms with van der Waals surface area (Å²) in [6.07, 6.45) is 5.38. The van der Waals surface area contributed by atoms with Crippen molar-refractivity contribution < 1.29 is 17.2 Å². The van der Waals surface area contributed by atoms with E-state index >= 15 is 4.39 Å². The Hall–Kier alpha value is -3.54. The Morgan fingerprint density at radius 2 is 1.95 bits per heavy atom. The van der Waals surface area contributed by atoms with Gasteiger partial charge < -0.3 is 11.1 Å². The molecule has 0 saturated carbocycles. The molecule has 0 saturated heterocycles. The standard InChI is InChI=1S/C31H35ClF2N6O2S/c1-18(2)40-30-24(20-8-11-23(12-9-20)36-15-19(3)33)16-37-31(35)28(30)29(38-40)21-10-13-27(26(34)14-21)39-43(41,42)17-22-6-4-5-7-25(22)32/h4-8,10,13-14,16,18-19,23,36,39H,9,11-12,15,17H2,1-3H3,(H2,35,37)/t19-,23-/m0/s1. The fourth-order valence-corrected chi connectivity index (χ4v) is 6.88. The number of nitrogen functional groups attached to an aromatic ring is 1. The molecule has 1 aliphatic carbocycles. The van der Waals surface area contributed by atoms with Gasteiger partial charge in [-0.1, -0.05) is 41.9 Å². The van der Waals surface area contributed by atoms with Gasteiger partial charge in [-0.25, -0.2) is 22.2 Å². The van der Waals surface area contributed by atoms with Crippen LogP contribution in [0.15, 0.2) is 54.7 Å². The molecule has 2 aromatic carbocycles. The van der Waals surface area contributed by atoms with E-state index in [0.29, 0.717) is 33.8 Å². The number of aromatic nitrogens is 3. The molecule has 0 amide bonds. The van der Waals surface area contributed by atoms with Crippen LogP contribution < -0.4 is 15.8 Å². The second-order valence-electron chi connectivity index (χ2n) is 11.2. The number of hydrogen-bond donors (Lipinski definition) is 3. The summed E-state index contributed by atoms with van der Waals surface area (Å²) < 4.78 is 58.5. The van der Waals surface area contributed by atoms with Gasteiger partial charge in [0.1, 0.15) is 23.5 Å². The maximum absolute atomic E-state index is 15.4. The summed E-state index contributed by atoms with van der Waals surface area (Å²) in [5.41, 5.74) is 10.3. The maximum Gasteiger partial charge on any atom is 0.237 e. The summed E-state index contributed by atoms with van der Waals surface area (Å²) in [4.78, 5) is 4.48. The van der Waals surface area contributed by atoms with Crippen molar-refractivity contribution in [1.82, 2.24) is 20.1 Å². The minimum Gasteiger partial charge on any atom is -0.383 e. The Bertz CT molecular complexity index is 1790. The first kappa shape index (κ1) is 30.9. The van der Waals surface area contributed by atoms with Crippen LogP contribution in [-0.4, -0.2) is 41.9 Å². The number of anilines is 2. The van der Waals surface area contributed by atoms with Crippen molar-refractivity contribution in [2.45, 2.75) is 64.0 Å². The van der Waals surface area contributed by atoms with Crippen molar-refractivity contribution in [3.8, 4) is 11.3 Å². The van der Waals surface area contributed by atoms with Crippen LogP contribution in [0.5, 0.6) is 0 Å². The van der Waals surface area contributed by atoms with Crippen LogP contribution in [-0.2, 0) is 15.8 Å². The lowest BCUT2D eigenvalue weighted by molar-refractivity contribution is 0.323. The zero-order chi connectivity index (χ0) is 30.9. The lowest BCUT2D eigenvalue weighted by atomic mass is 9.90. The summed E-state index contributed by atoms with van der Waals surface area (Å²) in [6, 6.07) is 11.0. The zero-order valence-corrected chi connectivity index (χ0v) is 25.8. The SMILES string of the molecule is CC(C)n1nc(-c2ccc(NS(=O)(=O)Cc3ccccc3Cl)c(F)c2)c2c(N)ncc(C3=CC[C@H](NC[C@H](C)F)CC3)c21. The summed E-state index contributed by atoms with van der Waals surface area (Å²) in [7, 11) is -3.94. The van der Waals surface area contributed by atoms with Gasteiger partial charge in [0, 0.05) is 41.0 Å². The van der Waals surface area contributed by atoms with E-state index < -0.39 is 27.8 Å². The molecule has 4 aromatic rings. The molecule has 1 aliphatic rings.